The Hall–Kier alpha value is -1.79. The van der Waals surface area contributed by atoms with E-state index in [9.17, 15) is 9.90 Å². The molecule has 1 N–H and O–H groups in total. The van der Waals surface area contributed by atoms with Crippen LogP contribution in [0.15, 0.2) is 29.8 Å². The predicted octanol–water partition coefficient (Wildman–Crippen LogP) is 2.36. The van der Waals surface area contributed by atoms with Crippen molar-refractivity contribution in [2.24, 2.45) is 11.8 Å². The van der Waals surface area contributed by atoms with Gasteiger partial charge in [0.2, 0.25) is 0 Å². The first-order valence-electron chi connectivity index (χ1n) is 6.94. The third-order valence-electron chi connectivity index (χ3n) is 3.83. The maximum Gasteiger partial charge on any atom is 0.308 e. The van der Waals surface area contributed by atoms with Gasteiger partial charge < -0.3 is 5.11 Å². The van der Waals surface area contributed by atoms with Gasteiger partial charge >= 0.3 is 5.97 Å². The maximum absolute atomic E-state index is 11.2. The largest absolute Gasteiger partial charge is 0.481 e. The van der Waals surface area contributed by atoms with Crippen LogP contribution in [0.1, 0.15) is 12.6 Å². The second kappa shape index (κ2) is 5.91. The van der Waals surface area contributed by atoms with Crippen LogP contribution in [0.25, 0.3) is 10.7 Å². The SMILES string of the molecule is C[C@@H]1CN(Cc2csc(-c3ccccn3)n2)C[C@H]1C(=O)O. The lowest BCUT2D eigenvalue weighted by Gasteiger charge is -2.12. The average Bonchev–Trinajstić information content (AvgIpc) is 3.07. The highest BCUT2D eigenvalue weighted by atomic mass is 32.1. The second-order valence-corrected chi connectivity index (χ2v) is 6.33. The van der Waals surface area contributed by atoms with E-state index in [-0.39, 0.29) is 11.8 Å². The van der Waals surface area contributed by atoms with Gasteiger partial charge in [0.25, 0.3) is 0 Å². The summed E-state index contributed by atoms with van der Waals surface area (Å²) < 4.78 is 0. The minimum absolute atomic E-state index is 0.191. The van der Waals surface area contributed by atoms with Gasteiger partial charge in [-0.15, -0.1) is 11.3 Å². The summed E-state index contributed by atoms with van der Waals surface area (Å²) in [6.07, 6.45) is 1.76. The molecule has 6 heteroatoms. The summed E-state index contributed by atoms with van der Waals surface area (Å²) in [6, 6.07) is 5.78. The topological polar surface area (TPSA) is 66.3 Å². The highest BCUT2D eigenvalue weighted by Crippen LogP contribution is 2.26. The Balaban J connectivity index is 1.67. The molecule has 0 unspecified atom stereocenters. The zero-order valence-electron chi connectivity index (χ0n) is 11.8. The molecule has 1 aliphatic heterocycles. The van der Waals surface area contributed by atoms with Crippen molar-refractivity contribution in [2.75, 3.05) is 13.1 Å². The number of aliphatic carboxylic acids is 1. The number of hydrogen-bond donors (Lipinski definition) is 1. The lowest BCUT2D eigenvalue weighted by molar-refractivity contribution is -0.142. The van der Waals surface area contributed by atoms with Gasteiger partial charge in [0, 0.05) is 31.2 Å². The number of thiazole rings is 1. The van der Waals surface area contributed by atoms with Crippen LogP contribution < -0.4 is 0 Å². The smallest absolute Gasteiger partial charge is 0.308 e. The summed E-state index contributed by atoms with van der Waals surface area (Å²) in [4.78, 5) is 22.2. The van der Waals surface area contributed by atoms with Crippen molar-refractivity contribution in [1.82, 2.24) is 14.9 Å². The molecule has 2 atom stereocenters. The van der Waals surface area contributed by atoms with Crippen LogP contribution in [0.4, 0.5) is 0 Å². The Labute approximate surface area is 127 Å². The van der Waals surface area contributed by atoms with Crippen LogP contribution in [-0.2, 0) is 11.3 Å². The Bertz CT molecular complexity index is 629. The van der Waals surface area contributed by atoms with Gasteiger partial charge in [-0.1, -0.05) is 13.0 Å². The number of hydrogen-bond acceptors (Lipinski definition) is 5. The van der Waals surface area contributed by atoms with Gasteiger partial charge in [0.15, 0.2) is 0 Å². The number of likely N-dealkylation sites (tertiary alicyclic amines) is 1. The molecule has 2 aromatic rings. The summed E-state index contributed by atoms with van der Waals surface area (Å²) >= 11 is 1.58. The van der Waals surface area contributed by atoms with E-state index in [1.165, 1.54) is 0 Å². The number of rotatable bonds is 4. The molecule has 3 rings (SSSR count). The van der Waals surface area contributed by atoms with Crippen molar-refractivity contribution < 1.29 is 9.90 Å². The molecule has 1 aliphatic rings. The molecule has 0 saturated carbocycles. The number of aromatic nitrogens is 2. The van der Waals surface area contributed by atoms with Gasteiger partial charge in [0.1, 0.15) is 5.01 Å². The van der Waals surface area contributed by atoms with Crippen LogP contribution in [0.2, 0.25) is 0 Å². The molecule has 1 saturated heterocycles. The third-order valence-corrected chi connectivity index (χ3v) is 4.74. The summed E-state index contributed by atoms with van der Waals surface area (Å²) in [5.74, 6) is -0.771. The van der Waals surface area contributed by atoms with E-state index in [1.54, 1.807) is 17.5 Å². The fourth-order valence-corrected chi connectivity index (χ4v) is 3.52. The summed E-state index contributed by atoms with van der Waals surface area (Å²) in [6.45, 7) is 4.12. The molecule has 0 amide bonds. The van der Waals surface area contributed by atoms with E-state index in [4.69, 9.17) is 0 Å². The van der Waals surface area contributed by atoms with E-state index in [0.717, 1.165) is 22.9 Å². The number of carboxylic acid groups (broad SMARTS) is 1. The first kappa shape index (κ1) is 14.2. The normalized spacial score (nSPS) is 22.5. The molecule has 0 aliphatic carbocycles. The number of carboxylic acids is 1. The van der Waals surface area contributed by atoms with Crippen LogP contribution >= 0.6 is 11.3 Å². The monoisotopic (exact) mass is 303 g/mol. The minimum Gasteiger partial charge on any atom is -0.481 e. The molecule has 0 spiro atoms. The predicted molar refractivity (Wildman–Crippen MR) is 80.9 cm³/mol. The van der Waals surface area contributed by atoms with Gasteiger partial charge in [-0.05, 0) is 18.1 Å². The fourth-order valence-electron chi connectivity index (χ4n) is 2.73. The zero-order chi connectivity index (χ0) is 14.8. The molecule has 2 aromatic heterocycles. The molecular formula is C15H17N3O2S. The Morgan fingerprint density at radius 2 is 2.33 bits per heavy atom. The molecule has 0 radical (unpaired) electrons. The van der Waals surface area contributed by atoms with Crippen molar-refractivity contribution in [3.05, 3.63) is 35.5 Å². The second-order valence-electron chi connectivity index (χ2n) is 5.48. The molecule has 0 bridgehead atoms. The molecule has 5 nitrogen and oxygen atoms in total. The third kappa shape index (κ3) is 3.11. The van der Waals surface area contributed by atoms with Crippen molar-refractivity contribution in [1.29, 1.82) is 0 Å². The van der Waals surface area contributed by atoms with Gasteiger partial charge in [0.05, 0.1) is 17.3 Å². The summed E-state index contributed by atoms with van der Waals surface area (Å²) in [5, 5.41) is 12.1. The van der Waals surface area contributed by atoms with Gasteiger partial charge in [-0.3, -0.25) is 14.7 Å². The quantitative estimate of drug-likeness (QED) is 0.939. The van der Waals surface area contributed by atoms with Crippen LogP contribution in [0, 0.1) is 11.8 Å². The van der Waals surface area contributed by atoms with E-state index in [0.29, 0.717) is 13.1 Å². The highest BCUT2D eigenvalue weighted by molar-refractivity contribution is 7.13. The molecule has 3 heterocycles. The average molecular weight is 303 g/mol. The Morgan fingerprint density at radius 1 is 1.48 bits per heavy atom. The van der Waals surface area contributed by atoms with E-state index in [1.807, 2.05) is 30.5 Å². The molecular weight excluding hydrogens is 286 g/mol. The van der Waals surface area contributed by atoms with Crippen LogP contribution in [-0.4, -0.2) is 39.0 Å². The highest BCUT2D eigenvalue weighted by Gasteiger charge is 2.34. The standard InChI is InChI=1S/C15H17N3O2S/c1-10-6-18(8-12(10)15(19)20)7-11-9-21-14(17-11)13-4-2-3-5-16-13/h2-5,9-10,12H,6-8H2,1H3,(H,19,20)/t10-,12-/m1/s1. The number of carbonyl (C=O) groups is 1. The first-order chi connectivity index (χ1) is 10.1. The lowest BCUT2D eigenvalue weighted by atomic mass is 9.99. The van der Waals surface area contributed by atoms with Crippen LogP contribution in [0.3, 0.4) is 0 Å². The number of pyridine rings is 1. The van der Waals surface area contributed by atoms with Gasteiger partial charge in [-0.25, -0.2) is 4.98 Å². The van der Waals surface area contributed by atoms with Crippen LogP contribution in [0.5, 0.6) is 0 Å². The van der Waals surface area contributed by atoms with Crippen molar-refractivity contribution in [2.45, 2.75) is 13.5 Å². The fraction of sp³-hybridized carbons (Fsp3) is 0.400. The van der Waals surface area contributed by atoms with E-state index >= 15 is 0 Å². The van der Waals surface area contributed by atoms with Gasteiger partial charge in [-0.2, -0.15) is 0 Å². The molecule has 1 fully saturated rings. The van der Waals surface area contributed by atoms with Crippen molar-refractivity contribution >= 4 is 17.3 Å². The molecule has 21 heavy (non-hydrogen) atoms. The minimum atomic E-state index is -0.697. The van der Waals surface area contributed by atoms with E-state index < -0.39 is 5.97 Å². The zero-order valence-corrected chi connectivity index (χ0v) is 12.6. The van der Waals surface area contributed by atoms with E-state index in [2.05, 4.69) is 14.9 Å². The Morgan fingerprint density at radius 3 is 3.00 bits per heavy atom. The number of nitrogens with zero attached hydrogens (tertiary/aromatic N) is 3. The van der Waals surface area contributed by atoms with Crippen molar-refractivity contribution in [3.63, 3.8) is 0 Å². The Kier molecular flexibility index (Phi) is 3.98. The molecule has 0 aromatic carbocycles. The summed E-state index contributed by atoms with van der Waals surface area (Å²) in [5.41, 5.74) is 1.87. The summed E-state index contributed by atoms with van der Waals surface area (Å²) in [7, 11) is 0. The first-order valence-corrected chi connectivity index (χ1v) is 7.82. The molecule has 110 valence electrons. The maximum atomic E-state index is 11.2. The van der Waals surface area contributed by atoms with Crippen molar-refractivity contribution in [3.8, 4) is 10.7 Å². The lowest BCUT2D eigenvalue weighted by Crippen LogP contribution is -2.23.